The normalized spacial score (nSPS) is 14.8. The van der Waals surface area contributed by atoms with Gasteiger partial charge in [0.2, 0.25) is 0 Å². The summed E-state index contributed by atoms with van der Waals surface area (Å²) >= 11 is 0. The monoisotopic (exact) mass is 254 g/mol. The summed E-state index contributed by atoms with van der Waals surface area (Å²) in [5, 5.41) is 12.5. The molecule has 0 heterocycles. The Balaban J connectivity index is 3.60. The highest BCUT2D eigenvalue weighted by atomic mass is 16.5. The van der Waals surface area contributed by atoms with E-state index in [1.165, 1.54) is 0 Å². The largest absolute Gasteiger partial charge is 0.381 e. The van der Waals surface area contributed by atoms with Gasteiger partial charge in [-0.1, -0.05) is 13.8 Å². The highest BCUT2D eigenvalue weighted by Crippen LogP contribution is 2.14. The van der Waals surface area contributed by atoms with Crippen LogP contribution in [-0.4, -0.2) is 24.8 Å². The van der Waals surface area contributed by atoms with Crippen molar-refractivity contribution in [3.8, 4) is 6.07 Å². The van der Waals surface area contributed by atoms with Crippen molar-refractivity contribution < 1.29 is 4.74 Å². The molecule has 3 heteroatoms. The SMILES string of the molecule is CC(C)CCOCCCCC(C)(C#N)NC(C)C. The van der Waals surface area contributed by atoms with E-state index < -0.39 is 5.54 Å². The second-order valence-electron chi connectivity index (χ2n) is 5.99. The molecule has 0 saturated heterocycles. The molecule has 0 aromatic rings. The molecule has 0 radical (unpaired) electrons. The standard InChI is InChI=1S/C15H30N2O/c1-13(2)8-11-18-10-7-6-9-15(5,12-16)17-14(3)4/h13-14,17H,6-11H2,1-5H3. The number of nitriles is 1. The minimum atomic E-state index is -0.397. The van der Waals surface area contributed by atoms with E-state index in [0.717, 1.165) is 38.9 Å². The fourth-order valence-corrected chi connectivity index (χ4v) is 1.90. The average Bonchev–Trinajstić information content (AvgIpc) is 2.26. The Kier molecular flexibility index (Phi) is 9.05. The Bertz CT molecular complexity index is 245. The first-order valence-electron chi connectivity index (χ1n) is 7.16. The van der Waals surface area contributed by atoms with Gasteiger partial charge in [0.15, 0.2) is 0 Å². The number of hydrogen-bond acceptors (Lipinski definition) is 3. The molecule has 0 rings (SSSR count). The molecule has 0 aliphatic carbocycles. The second kappa shape index (κ2) is 9.35. The third-order valence-corrected chi connectivity index (χ3v) is 2.91. The summed E-state index contributed by atoms with van der Waals surface area (Å²) in [5.74, 6) is 0.710. The van der Waals surface area contributed by atoms with E-state index in [1.54, 1.807) is 0 Å². The molecule has 0 aliphatic rings. The van der Waals surface area contributed by atoms with Crippen LogP contribution in [-0.2, 0) is 4.74 Å². The molecule has 18 heavy (non-hydrogen) atoms. The molecule has 0 aromatic heterocycles. The van der Waals surface area contributed by atoms with Gasteiger partial charge in [-0.25, -0.2) is 0 Å². The summed E-state index contributed by atoms with van der Waals surface area (Å²) in [6.07, 6.45) is 4.08. The summed E-state index contributed by atoms with van der Waals surface area (Å²) in [6, 6.07) is 2.72. The van der Waals surface area contributed by atoms with Crippen molar-refractivity contribution in [3.63, 3.8) is 0 Å². The van der Waals surface area contributed by atoms with Gasteiger partial charge in [0.25, 0.3) is 0 Å². The van der Waals surface area contributed by atoms with Crippen molar-refractivity contribution in [2.75, 3.05) is 13.2 Å². The molecule has 0 spiro atoms. The molecule has 1 unspecified atom stereocenters. The zero-order valence-electron chi connectivity index (χ0n) is 12.8. The number of nitrogens with zero attached hydrogens (tertiary/aromatic N) is 1. The maximum atomic E-state index is 9.19. The van der Waals surface area contributed by atoms with Gasteiger partial charge in [0.05, 0.1) is 6.07 Å². The average molecular weight is 254 g/mol. The molecule has 0 aliphatic heterocycles. The number of rotatable bonds is 10. The van der Waals surface area contributed by atoms with E-state index in [4.69, 9.17) is 4.74 Å². The zero-order valence-corrected chi connectivity index (χ0v) is 12.8. The van der Waals surface area contributed by atoms with Gasteiger partial charge in [0, 0.05) is 19.3 Å². The molecule has 0 bridgehead atoms. The first kappa shape index (κ1) is 17.4. The summed E-state index contributed by atoms with van der Waals surface area (Å²) in [5.41, 5.74) is -0.397. The Hall–Kier alpha value is -0.590. The van der Waals surface area contributed by atoms with Crippen LogP contribution < -0.4 is 5.32 Å². The van der Waals surface area contributed by atoms with E-state index in [1.807, 2.05) is 6.92 Å². The first-order valence-corrected chi connectivity index (χ1v) is 7.16. The van der Waals surface area contributed by atoms with Crippen molar-refractivity contribution in [1.82, 2.24) is 5.32 Å². The van der Waals surface area contributed by atoms with E-state index >= 15 is 0 Å². The minimum absolute atomic E-state index is 0.344. The molecule has 106 valence electrons. The van der Waals surface area contributed by atoms with Crippen LogP contribution in [0, 0.1) is 17.2 Å². The van der Waals surface area contributed by atoms with Crippen LogP contribution in [0.25, 0.3) is 0 Å². The number of hydrogen-bond donors (Lipinski definition) is 1. The van der Waals surface area contributed by atoms with Crippen molar-refractivity contribution in [3.05, 3.63) is 0 Å². The van der Waals surface area contributed by atoms with Crippen molar-refractivity contribution >= 4 is 0 Å². The predicted molar refractivity (Wildman–Crippen MR) is 76.4 cm³/mol. The fraction of sp³-hybridized carbons (Fsp3) is 0.933. The van der Waals surface area contributed by atoms with Crippen LogP contribution in [0.1, 0.15) is 60.3 Å². The number of unbranched alkanes of at least 4 members (excludes halogenated alkanes) is 1. The highest BCUT2D eigenvalue weighted by molar-refractivity contribution is 5.04. The molecular weight excluding hydrogens is 224 g/mol. The van der Waals surface area contributed by atoms with E-state index in [-0.39, 0.29) is 0 Å². The maximum Gasteiger partial charge on any atom is 0.104 e. The lowest BCUT2D eigenvalue weighted by Gasteiger charge is -2.25. The zero-order chi connectivity index (χ0) is 14.0. The van der Waals surface area contributed by atoms with Crippen LogP contribution in [0.4, 0.5) is 0 Å². The van der Waals surface area contributed by atoms with Gasteiger partial charge in [-0.15, -0.1) is 0 Å². The Morgan fingerprint density at radius 2 is 1.83 bits per heavy atom. The molecule has 3 nitrogen and oxygen atoms in total. The summed E-state index contributed by atoms with van der Waals surface area (Å²) in [7, 11) is 0. The lowest BCUT2D eigenvalue weighted by molar-refractivity contribution is 0.118. The molecular formula is C15H30N2O. The van der Waals surface area contributed by atoms with Crippen molar-refractivity contribution in [1.29, 1.82) is 5.26 Å². The van der Waals surface area contributed by atoms with Crippen LogP contribution in [0.3, 0.4) is 0 Å². The van der Waals surface area contributed by atoms with E-state index in [0.29, 0.717) is 12.0 Å². The molecule has 0 fully saturated rings. The lowest BCUT2D eigenvalue weighted by atomic mass is 9.96. The molecule has 0 aromatic carbocycles. The summed E-state index contributed by atoms with van der Waals surface area (Å²) in [4.78, 5) is 0. The number of ether oxygens (including phenoxy) is 1. The van der Waals surface area contributed by atoms with Crippen LogP contribution in [0.15, 0.2) is 0 Å². The van der Waals surface area contributed by atoms with Crippen LogP contribution >= 0.6 is 0 Å². The smallest absolute Gasteiger partial charge is 0.104 e. The van der Waals surface area contributed by atoms with Gasteiger partial charge >= 0.3 is 0 Å². The molecule has 0 saturated carbocycles. The number of nitrogens with one attached hydrogen (secondary N) is 1. The van der Waals surface area contributed by atoms with Crippen molar-refractivity contribution in [2.24, 2.45) is 5.92 Å². The van der Waals surface area contributed by atoms with Crippen LogP contribution in [0.5, 0.6) is 0 Å². The highest BCUT2D eigenvalue weighted by Gasteiger charge is 2.23. The quantitative estimate of drug-likeness (QED) is 0.607. The van der Waals surface area contributed by atoms with E-state index in [2.05, 4.69) is 39.1 Å². The summed E-state index contributed by atoms with van der Waals surface area (Å²) in [6.45, 7) is 12.2. The van der Waals surface area contributed by atoms with Crippen molar-refractivity contribution in [2.45, 2.75) is 71.9 Å². The molecule has 1 N–H and O–H groups in total. The van der Waals surface area contributed by atoms with Gasteiger partial charge in [-0.2, -0.15) is 5.26 Å². The summed E-state index contributed by atoms with van der Waals surface area (Å²) < 4.78 is 5.57. The second-order valence-corrected chi connectivity index (χ2v) is 5.99. The Morgan fingerprint density at radius 1 is 1.17 bits per heavy atom. The van der Waals surface area contributed by atoms with Gasteiger partial charge in [-0.05, 0) is 52.4 Å². The molecule has 0 amide bonds. The third kappa shape index (κ3) is 9.44. The van der Waals surface area contributed by atoms with Gasteiger partial charge < -0.3 is 4.74 Å². The maximum absolute atomic E-state index is 9.19. The topological polar surface area (TPSA) is 45.0 Å². The third-order valence-electron chi connectivity index (χ3n) is 2.91. The predicted octanol–water partition coefficient (Wildman–Crippen LogP) is 3.50. The van der Waals surface area contributed by atoms with E-state index in [9.17, 15) is 5.26 Å². The van der Waals surface area contributed by atoms with Crippen LogP contribution in [0.2, 0.25) is 0 Å². The fourth-order valence-electron chi connectivity index (χ4n) is 1.90. The minimum Gasteiger partial charge on any atom is -0.381 e. The van der Waals surface area contributed by atoms with Gasteiger partial charge in [0.1, 0.15) is 5.54 Å². The lowest BCUT2D eigenvalue weighted by Crippen LogP contribution is -2.44. The molecule has 1 atom stereocenters. The van der Waals surface area contributed by atoms with Gasteiger partial charge in [-0.3, -0.25) is 5.32 Å². The first-order chi connectivity index (χ1) is 8.39. The Labute approximate surface area is 113 Å². The Morgan fingerprint density at radius 3 is 2.33 bits per heavy atom.